The van der Waals surface area contributed by atoms with E-state index in [9.17, 15) is 4.39 Å². The second-order valence-electron chi connectivity index (χ2n) is 2.99. The van der Waals surface area contributed by atoms with Gasteiger partial charge in [-0.05, 0) is 30.6 Å². The van der Waals surface area contributed by atoms with Crippen LogP contribution in [0.1, 0.15) is 19.8 Å². The predicted octanol–water partition coefficient (Wildman–Crippen LogP) is 3.39. The molecule has 0 nitrogen and oxygen atoms in total. The van der Waals surface area contributed by atoms with Crippen LogP contribution in [-0.4, -0.2) is 0 Å². The molecule has 0 saturated carbocycles. The summed E-state index contributed by atoms with van der Waals surface area (Å²) in [6, 6.07) is 0. The first-order valence-corrected chi connectivity index (χ1v) is 4.47. The number of allylic oxidation sites excluding steroid dienone is 6. The fourth-order valence-corrected chi connectivity index (χ4v) is 1.33. The van der Waals surface area contributed by atoms with Crippen molar-refractivity contribution in [3.05, 3.63) is 35.7 Å². The Kier molecular flexibility index (Phi) is 3.52. The summed E-state index contributed by atoms with van der Waals surface area (Å²) in [5, 5.41) is 0. The van der Waals surface area contributed by atoms with Crippen LogP contribution in [0.2, 0.25) is 0 Å². The Morgan fingerprint density at radius 1 is 1.54 bits per heavy atom. The van der Waals surface area contributed by atoms with Crippen molar-refractivity contribution in [1.29, 1.82) is 0 Å². The normalized spacial score (nSPS) is 18.2. The van der Waals surface area contributed by atoms with E-state index in [1.54, 1.807) is 12.2 Å². The third-order valence-corrected chi connectivity index (χ3v) is 2.11. The maximum atomic E-state index is 12.8. The van der Waals surface area contributed by atoms with Crippen LogP contribution in [0.5, 0.6) is 0 Å². The highest BCUT2D eigenvalue weighted by Gasteiger charge is 2.07. The molecule has 0 radical (unpaired) electrons. The molecule has 0 fully saturated rings. The van der Waals surface area contributed by atoms with Gasteiger partial charge >= 0.3 is 0 Å². The van der Waals surface area contributed by atoms with E-state index >= 15 is 0 Å². The second-order valence-corrected chi connectivity index (χ2v) is 2.99. The first-order chi connectivity index (χ1) is 6.27. The van der Waals surface area contributed by atoms with Crippen LogP contribution in [0.15, 0.2) is 35.7 Å². The Balaban J connectivity index is 2.79. The summed E-state index contributed by atoms with van der Waals surface area (Å²) in [6.45, 7) is 2.04. The summed E-state index contributed by atoms with van der Waals surface area (Å²) in [6.07, 6.45) is 13.7. The minimum Gasteiger partial charge on any atom is -0.207 e. The molecular formula is C12H13F. The van der Waals surface area contributed by atoms with Gasteiger partial charge in [0.15, 0.2) is 0 Å². The average Bonchev–Trinajstić information content (AvgIpc) is 2.34. The smallest absolute Gasteiger partial charge is 0.119 e. The van der Waals surface area contributed by atoms with E-state index in [4.69, 9.17) is 6.42 Å². The maximum absolute atomic E-state index is 12.8. The van der Waals surface area contributed by atoms with E-state index in [2.05, 4.69) is 5.92 Å². The molecule has 0 N–H and O–H groups in total. The van der Waals surface area contributed by atoms with E-state index < -0.39 is 0 Å². The quantitative estimate of drug-likeness (QED) is 0.566. The molecule has 1 aliphatic carbocycles. The molecule has 0 amide bonds. The van der Waals surface area contributed by atoms with Gasteiger partial charge in [-0.15, -0.1) is 6.42 Å². The molecule has 13 heavy (non-hydrogen) atoms. The molecule has 0 saturated heterocycles. The molecule has 0 spiro atoms. The van der Waals surface area contributed by atoms with Gasteiger partial charge in [0.05, 0.1) is 0 Å². The van der Waals surface area contributed by atoms with Crippen LogP contribution in [0.4, 0.5) is 4.39 Å². The Morgan fingerprint density at radius 3 is 2.92 bits per heavy atom. The van der Waals surface area contributed by atoms with E-state index in [0.29, 0.717) is 6.42 Å². The Labute approximate surface area is 78.8 Å². The van der Waals surface area contributed by atoms with Gasteiger partial charge in [0, 0.05) is 5.92 Å². The summed E-state index contributed by atoms with van der Waals surface area (Å²) < 4.78 is 12.8. The van der Waals surface area contributed by atoms with Crippen molar-refractivity contribution in [3.8, 4) is 12.3 Å². The first kappa shape index (κ1) is 9.80. The topological polar surface area (TPSA) is 0 Å². The van der Waals surface area contributed by atoms with Gasteiger partial charge in [-0.1, -0.05) is 25.0 Å². The van der Waals surface area contributed by atoms with E-state index in [-0.39, 0.29) is 11.7 Å². The van der Waals surface area contributed by atoms with E-state index in [0.717, 1.165) is 12.0 Å². The van der Waals surface area contributed by atoms with Gasteiger partial charge in [-0.25, -0.2) is 4.39 Å². The standard InChI is InChI=1S/C12H13F/c1-3-10(4-2)11-6-5-7-12(13)9-8-11/h1,6-10H,4-5H2,2H3. The molecule has 1 rings (SSSR count). The predicted molar refractivity (Wildman–Crippen MR) is 53.6 cm³/mol. The SMILES string of the molecule is C#CC(CC)C1=CCC=C(F)C=C1. The minimum atomic E-state index is -0.182. The van der Waals surface area contributed by atoms with Crippen molar-refractivity contribution in [3.63, 3.8) is 0 Å². The molecule has 1 heteroatoms. The van der Waals surface area contributed by atoms with Crippen molar-refractivity contribution in [2.24, 2.45) is 5.92 Å². The van der Waals surface area contributed by atoms with Crippen LogP contribution < -0.4 is 0 Å². The summed E-state index contributed by atoms with van der Waals surface area (Å²) in [4.78, 5) is 0. The molecule has 68 valence electrons. The van der Waals surface area contributed by atoms with Crippen molar-refractivity contribution in [2.75, 3.05) is 0 Å². The van der Waals surface area contributed by atoms with Crippen molar-refractivity contribution in [2.45, 2.75) is 19.8 Å². The third kappa shape index (κ3) is 2.59. The van der Waals surface area contributed by atoms with Gasteiger partial charge in [-0.2, -0.15) is 0 Å². The zero-order valence-electron chi connectivity index (χ0n) is 7.76. The number of hydrogen-bond acceptors (Lipinski definition) is 0. The van der Waals surface area contributed by atoms with E-state index in [1.165, 1.54) is 6.08 Å². The number of hydrogen-bond donors (Lipinski definition) is 0. The molecule has 0 heterocycles. The highest BCUT2D eigenvalue weighted by Crippen LogP contribution is 2.20. The number of rotatable bonds is 2. The molecule has 0 aliphatic heterocycles. The Bertz CT molecular complexity index is 300. The minimum absolute atomic E-state index is 0.121. The maximum Gasteiger partial charge on any atom is 0.119 e. The largest absolute Gasteiger partial charge is 0.207 e. The first-order valence-electron chi connectivity index (χ1n) is 4.47. The van der Waals surface area contributed by atoms with Gasteiger partial charge < -0.3 is 0 Å². The van der Waals surface area contributed by atoms with Crippen LogP contribution >= 0.6 is 0 Å². The lowest BCUT2D eigenvalue weighted by Crippen LogP contribution is -1.96. The number of halogens is 1. The lowest BCUT2D eigenvalue weighted by atomic mass is 9.96. The second kappa shape index (κ2) is 4.67. The molecule has 0 aromatic carbocycles. The van der Waals surface area contributed by atoms with Crippen LogP contribution in [0.25, 0.3) is 0 Å². The Morgan fingerprint density at radius 2 is 2.31 bits per heavy atom. The summed E-state index contributed by atoms with van der Waals surface area (Å²) in [5.74, 6) is 2.64. The Hall–Kier alpha value is -1.29. The molecule has 1 atom stereocenters. The van der Waals surface area contributed by atoms with Crippen molar-refractivity contribution in [1.82, 2.24) is 0 Å². The summed E-state index contributed by atoms with van der Waals surface area (Å²) >= 11 is 0. The zero-order chi connectivity index (χ0) is 9.68. The highest BCUT2D eigenvalue weighted by molar-refractivity contribution is 5.34. The van der Waals surface area contributed by atoms with Gasteiger partial charge in [0.1, 0.15) is 5.83 Å². The fraction of sp³-hybridized carbons (Fsp3) is 0.333. The lowest BCUT2D eigenvalue weighted by molar-refractivity contribution is 0.663. The average molecular weight is 176 g/mol. The monoisotopic (exact) mass is 176 g/mol. The fourth-order valence-electron chi connectivity index (χ4n) is 1.33. The van der Waals surface area contributed by atoms with Crippen LogP contribution in [-0.2, 0) is 0 Å². The summed E-state index contributed by atoms with van der Waals surface area (Å²) in [7, 11) is 0. The van der Waals surface area contributed by atoms with Crippen molar-refractivity contribution < 1.29 is 4.39 Å². The zero-order valence-corrected chi connectivity index (χ0v) is 7.76. The molecule has 0 bridgehead atoms. The number of terminal acetylenes is 1. The highest BCUT2D eigenvalue weighted by atomic mass is 19.1. The molecule has 1 unspecified atom stereocenters. The molecule has 1 aliphatic rings. The van der Waals surface area contributed by atoms with Crippen LogP contribution in [0, 0.1) is 18.3 Å². The van der Waals surface area contributed by atoms with Crippen LogP contribution in [0.3, 0.4) is 0 Å². The lowest BCUT2D eigenvalue weighted by Gasteiger charge is -2.07. The van der Waals surface area contributed by atoms with E-state index in [1.807, 2.05) is 13.0 Å². The molecule has 0 aromatic rings. The molecular weight excluding hydrogens is 163 g/mol. The molecule has 0 aromatic heterocycles. The van der Waals surface area contributed by atoms with Gasteiger partial charge in [0.25, 0.3) is 0 Å². The van der Waals surface area contributed by atoms with Crippen molar-refractivity contribution >= 4 is 0 Å². The summed E-state index contributed by atoms with van der Waals surface area (Å²) in [5.41, 5.74) is 1.05. The van der Waals surface area contributed by atoms with Gasteiger partial charge in [0.2, 0.25) is 0 Å². The third-order valence-electron chi connectivity index (χ3n) is 2.11. The van der Waals surface area contributed by atoms with Gasteiger partial charge in [-0.3, -0.25) is 0 Å².